The molecule has 0 saturated heterocycles. The van der Waals surface area contributed by atoms with Gasteiger partial charge in [0.05, 0.1) is 6.54 Å². The second-order valence-electron chi connectivity index (χ2n) is 6.33. The molecule has 2 nitrogen and oxygen atoms in total. The van der Waals surface area contributed by atoms with Gasteiger partial charge in [-0.05, 0) is 51.2 Å². The minimum Gasteiger partial charge on any atom is -0.316 e. The number of halogens is 3. The van der Waals surface area contributed by atoms with Crippen molar-refractivity contribution in [3.63, 3.8) is 0 Å². The van der Waals surface area contributed by atoms with Gasteiger partial charge in [-0.1, -0.05) is 26.7 Å². The van der Waals surface area contributed by atoms with Gasteiger partial charge in [0.25, 0.3) is 0 Å². The standard InChI is InChI=1S/C15H29F3N2/c1-13(2)11-19-9-5-3-4-6-10-20(14-7-8-14)12-15(16,17)18/h13-14,19H,3-12H2,1-2H3. The zero-order valence-electron chi connectivity index (χ0n) is 12.8. The van der Waals surface area contributed by atoms with Gasteiger partial charge in [-0.25, -0.2) is 0 Å². The average Bonchev–Trinajstić information content (AvgIpc) is 3.13. The molecule has 0 radical (unpaired) electrons. The summed E-state index contributed by atoms with van der Waals surface area (Å²) in [6.45, 7) is 6.30. The summed E-state index contributed by atoms with van der Waals surface area (Å²) in [5.74, 6) is 0.671. The Labute approximate surface area is 121 Å². The molecule has 0 aromatic carbocycles. The van der Waals surface area contributed by atoms with Gasteiger partial charge in [-0.15, -0.1) is 0 Å². The molecular weight excluding hydrogens is 265 g/mol. The normalized spacial score (nSPS) is 16.4. The van der Waals surface area contributed by atoms with Crippen molar-refractivity contribution in [3.05, 3.63) is 0 Å². The molecule has 1 fully saturated rings. The second kappa shape index (κ2) is 8.88. The Bertz CT molecular complexity index is 250. The molecule has 1 rings (SSSR count). The van der Waals surface area contributed by atoms with E-state index in [9.17, 15) is 13.2 Å². The van der Waals surface area contributed by atoms with Crippen LogP contribution in [0.5, 0.6) is 0 Å². The lowest BCUT2D eigenvalue weighted by Crippen LogP contribution is -2.36. The number of rotatable bonds is 11. The molecule has 5 heteroatoms. The van der Waals surface area contributed by atoms with Crippen LogP contribution in [0.25, 0.3) is 0 Å². The molecule has 0 atom stereocenters. The van der Waals surface area contributed by atoms with Crippen molar-refractivity contribution in [2.24, 2.45) is 5.92 Å². The monoisotopic (exact) mass is 294 g/mol. The SMILES string of the molecule is CC(C)CNCCCCCCN(CC(F)(F)F)C1CC1. The van der Waals surface area contributed by atoms with Crippen molar-refractivity contribution in [3.8, 4) is 0 Å². The predicted octanol–water partition coefficient (Wildman–Crippen LogP) is 3.82. The third-order valence-corrected chi connectivity index (χ3v) is 3.55. The van der Waals surface area contributed by atoms with E-state index in [0.717, 1.165) is 51.6 Å². The van der Waals surface area contributed by atoms with E-state index in [0.29, 0.717) is 12.5 Å². The second-order valence-corrected chi connectivity index (χ2v) is 6.33. The number of unbranched alkanes of at least 4 members (excludes halogenated alkanes) is 3. The predicted molar refractivity (Wildman–Crippen MR) is 76.8 cm³/mol. The average molecular weight is 294 g/mol. The van der Waals surface area contributed by atoms with Crippen molar-refractivity contribution >= 4 is 0 Å². The fourth-order valence-corrected chi connectivity index (χ4v) is 2.37. The number of nitrogens with one attached hydrogen (secondary N) is 1. The largest absolute Gasteiger partial charge is 0.401 e. The number of alkyl halides is 3. The van der Waals surface area contributed by atoms with Crippen LogP contribution in [0.3, 0.4) is 0 Å². The van der Waals surface area contributed by atoms with Gasteiger partial charge in [0.1, 0.15) is 0 Å². The van der Waals surface area contributed by atoms with Crippen LogP contribution < -0.4 is 5.32 Å². The van der Waals surface area contributed by atoms with Crippen LogP contribution in [-0.4, -0.2) is 43.3 Å². The molecule has 0 amide bonds. The number of nitrogens with zero attached hydrogens (tertiary/aromatic N) is 1. The Morgan fingerprint density at radius 1 is 1.10 bits per heavy atom. The van der Waals surface area contributed by atoms with Crippen LogP contribution in [0.2, 0.25) is 0 Å². The van der Waals surface area contributed by atoms with Crippen molar-refractivity contribution in [1.82, 2.24) is 10.2 Å². The van der Waals surface area contributed by atoms with E-state index in [-0.39, 0.29) is 6.04 Å². The first-order valence-corrected chi connectivity index (χ1v) is 7.90. The Morgan fingerprint density at radius 2 is 1.75 bits per heavy atom. The third kappa shape index (κ3) is 9.59. The highest BCUT2D eigenvalue weighted by atomic mass is 19.4. The fourth-order valence-electron chi connectivity index (χ4n) is 2.37. The first-order valence-electron chi connectivity index (χ1n) is 7.90. The van der Waals surface area contributed by atoms with Crippen molar-refractivity contribution in [2.75, 3.05) is 26.2 Å². The first kappa shape index (κ1) is 17.8. The van der Waals surface area contributed by atoms with E-state index in [1.165, 1.54) is 0 Å². The lowest BCUT2D eigenvalue weighted by atomic mass is 10.1. The molecule has 1 N–H and O–H groups in total. The molecule has 20 heavy (non-hydrogen) atoms. The molecule has 1 aliphatic carbocycles. The summed E-state index contributed by atoms with van der Waals surface area (Å²) in [6.07, 6.45) is 1.97. The molecule has 0 aromatic heterocycles. The Hall–Kier alpha value is -0.290. The summed E-state index contributed by atoms with van der Waals surface area (Å²) in [6, 6.07) is 0.198. The fraction of sp³-hybridized carbons (Fsp3) is 1.00. The van der Waals surface area contributed by atoms with E-state index < -0.39 is 12.7 Å². The zero-order valence-corrected chi connectivity index (χ0v) is 12.8. The van der Waals surface area contributed by atoms with Gasteiger partial charge in [-0.2, -0.15) is 13.2 Å². The van der Waals surface area contributed by atoms with Crippen molar-refractivity contribution in [2.45, 2.75) is 64.6 Å². The lowest BCUT2D eigenvalue weighted by Gasteiger charge is -2.23. The maximum atomic E-state index is 12.4. The minimum atomic E-state index is -4.05. The van der Waals surface area contributed by atoms with Crippen LogP contribution >= 0.6 is 0 Å². The van der Waals surface area contributed by atoms with Crippen molar-refractivity contribution in [1.29, 1.82) is 0 Å². The van der Waals surface area contributed by atoms with E-state index in [4.69, 9.17) is 0 Å². The maximum absolute atomic E-state index is 12.4. The van der Waals surface area contributed by atoms with Gasteiger partial charge in [0, 0.05) is 6.04 Å². The molecule has 0 aromatic rings. The molecule has 0 aliphatic heterocycles. The summed E-state index contributed by atoms with van der Waals surface area (Å²) in [5, 5.41) is 3.38. The van der Waals surface area contributed by atoms with Crippen LogP contribution in [0, 0.1) is 5.92 Å². The highest BCUT2D eigenvalue weighted by Gasteiger charge is 2.37. The molecule has 1 aliphatic rings. The maximum Gasteiger partial charge on any atom is 0.401 e. The highest BCUT2D eigenvalue weighted by Crippen LogP contribution is 2.30. The molecule has 120 valence electrons. The molecule has 1 saturated carbocycles. The molecule has 0 bridgehead atoms. The quantitative estimate of drug-likeness (QED) is 0.583. The van der Waals surface area contributed by atoms with Gasteiger partial charge in [0.15, 0.2) is 0 Å². The van der Waals surface area contributed by atoms with E-state index in [2.05, 4.69) is 19.2 Å². The van der Waals surface area contributed by atoms with Crippen molar-refractivity contribution < 1.29 is 13.2 Å². The summed E-state index contributed by atoms with van der Waals surface area (Å²) >= 11 is 0. The van der Waals surface area contributed by atoms with E-state index in [1.54, 1.807) is 4.90 Å². The first-order chi connectivity index (χ1) is 9.38. The summed E-state index contributed by atoms with van der Waals surface area (Å²) < 4.78 is 37.3. The van der Waals surface area contributed by atoms with Crippen LogP contribution in [-0.2, 0) is 0 Å². The van der Waals surface area contributed by atoms with E-state index >= 15 is 0 Å². The summed E-state index contributed by atoms with van der Waals surface area (Å²) in [4.78, 5) is 1.62. The third-order valence-electron chi connectivity index (χ3n) is 3.55. The lowest BCUT2D eigenvalue weighted by molar-refractivity contribution is -0.147. The smallest absolute Gasteiger partial charge is 0.316 e. The van der Waals surface area contributed by atoms with Gasteiger partial charge >= 0.3 is 6.18 Å². The molecule has 0 spiro atoms. The highest BCUT2D eigenvalue weighted by molar-refractivity contribution is 4.85. The number of hydrogen-bond acceptors (Lipinski definition) is 2. The topological polar surface area (TPSA) is 15.3 Å². The number of hydrogen-bond donors (Lipinski definition) is 1. The Balaban J connectivity index is 1.98. The van der Waals surface area contributed by atoms with E-state index in [1.807, 2.05) is 0 Å². The zero-order chi connectivity index (χ0) is 15.0. The van der Waals surface area contributed by atoms with Gasteiger partial charge < -0.3 is 5.32 Å². The van der Waals surface area contributed by atoms with Crippen LogP contribution in [0.15, 0.2) is 0 Å². The molecule has 0 unspecified atom stereocenters. The summed E-state index contributed by atoms with van der Waals surface area (Å²) in [5.41, 5.74) is 0. The van der Waals surface area contributed by atoms with Crippen LogP contribution in [0.4, 0.5) is 13.2 Å². The van der Waals surface area contributed by atoms with Gasteiger partial charge in [-0.3, -0.25) is 4.90 Å². The Kier molecular flexibility index (Phi) is 7.88. The summed E-state index contributed by atoms with van der Waals surface area (Å²) in [7, 11) is 0. The molecule has 0 heterocycles. The van der Waals surface area contributed by atoms with Gasteiger partial charge in [0.2, 0.25) is 0 Å². The minimum absolute atomic E-state index is 0.198. The molecular formula is C15H29F3N2. The Morgan fingerprint density at radius 3 is 2.30 bits per heavy atom. The van der Waals surface area contributed by atoms with Crippen LogP contribution in [0.1, 0.15) is 52.4 Å².